The van der Waals surface area contributed by atoms with Gasteiger partial charge in [0.15, 0.2) is 0 Å². The molecule has 0 aromatic heterocycles. The van der Waals surface area contributed by atoms with Gasteiger partial charge in [-0.05, 0) is 0 Å². The molecule has 1 aliphatic heterocycles. The van der Waals surface area contributed by atoms with Crippen molar-refractivity contribution in [2.24, 2.45) is 0 Å². The number of hydrogen-bond donors (Lipinski definition) is 4. The van der Waals surface area contributed by atoms with E-state index in [4.69, 9.17) is 8.85 Å². The maximum absolute atomic E-state index is 9.41. The molecule has 2 aliphatic rings. The van der Waals surface area contributed by atoms with Gasteiger partial charge in [0.25, 0.3) is 0 Å². The van der Waals surface area contributed by atoms with Gasteiger partial charge in [-0.3, -0.25) is 0 Å². The van der Waals surface area contributed by atoms with E-state index in [1.165, 1.54) is 0 Å². The van der Waals surface area contributed by atoms with E-state index in [-0.39, 0.29) is 148 Å². The Morgan fingerprint density at radius 2 is 1.00 bits per heavy atom. The molecule has 0 bridgehead atoms. The Labute approximate surface area is 207 Å². The van der Waals surface area contributed by atoms with Crippen LogP contribution in [-0.4, -0.2) is 67.1 Å². The van der Waals surface area contributed by atoms with Crippen molar-refractivity contribution in [1.82, 2.24) is 0 Å². The first-order chi connectivity index (χ1) is 6.13. The molecule has 2 fully saturated rings. The standard InChI is InChI=1S/C6H10O6Si.2Cs/c7-1-2(8)4(10)6-5(3(1)9)11-13-12-6;;/h1-10H;;/q-1;2*+1/t1-,2+,3-,4+,5-,6+;;. The molecule has 2 rings (SSSR count). The zero-order valence-electron chi connectivity index (χ0n) is 8.57. The van der Waals surface area contributed by atoms with E-state index in [0.717, 1.165) is 0 Å². The molecule has 1 aliphatic carbocycles. The molecular weight excluding hydrogens is 462 g/mol. The van der Waals surface area contributed by atoms with Gasteiger partial charge in [-0.2, -0.15) is 0 Å². The van der Waals surface area contributed by atoms with Crippen molar-refractivity contribution >= 4 is 10.0 Å². The summed E-state index contributed by atoms with van der Waals surface area (Å²) in [5.74, 6) is 0. The molecule has 6 nitrogen and oxygen atoms in total. The van der Waals surface area contributed by atoms with Gasteiger partial charge in [-0.1, -0.05) is 10.0 Å². The zero-order chi connectivity index (χ0) is 9.59. The molecule has 9 heteroatoms. The van der Waals surface area contributed by atoms with E-state index in [0.29, 0.717) is 0 Å². The molecule has 0 aromatic rings. The maximum atomic E-state index is 9.41. The van der Waals surface area contributed by atoms with Gasteiger partial charge in [0.05, 0.1) is 12.2 Å². The summed E-state index contributed by atoms with van der Waals surface area (Å²) < 4.78 is 9.97. The average Bonchev–Trinajstić information content (AvgIpc) is 2.59. The van der Waals surface area contributed by atoms with Crippen molar-refractivity contribution in [1.29, 1.82) is 0 Å². The van der Waals surface area contributed by atoms with E-state index >= 15 is 0 Å². The van der Waals surface area contributed by atoms with Crippen LogP contribution in [0, 0.1) is 0 Å². The van der Waals surface area contributed by atoms with Crippen LogP contribution in [0.4, 0.5) is 0 Å². The van der Waals surface area contributed by atoms with Crippen LogP contribution in [0.1, 0.15) is 0 Å². The third-order valence-corrected chi connectivity index (χ3v) is 3.15. The SMILES string of the molecule is O[C@@H]1[C@H](O)[C@H](O)[C@@H]2O[Si-]O[C@@H]2[C@@H]1O.[Cs+].[Cs+]. The van der Waals surface area contributed by atoms with E-state index < -0.39 is 36.6 Å². The largest absolute Gasteiger partial charge is 1.00 e. The van der Waals surface area contributed by atoms with Crippen LogP contribution < -0.4 is 138 Å². The normalized spacial score (nSPS) is 48.8. The van der Waals surface area contributed by atoms with E-state index in [2.05, 4.69) is 0 Å². The Bertz CT molecular complexity index is 190. The molecule has 1 saturated heterocycles. The van der Waals surface area contributed by atoms with Gasteiger partial charge in [0.2, 0.25) is 0 Å². The van der Waals surface area contributed by atoms with E-state index in [1.807, 2.05) is 0 Å². The topological polar surface area (TPSA) is 99.4 Å². The Morgan fingerprint density at radius 3 is 1.33 bits per heavy atom. The molecule has 75 valence electrons. The summed E-state index contributed by atoms with van der Waals surface area (Å²) >= 11 is 0. The van der Waals surface area contributed by atoms with Gasteiger partial charge in [0.1, 0.15) is 24.4 Å². The summed E-state index contributed by atoms with van der Waals surface area (Å²) in [6.07, 6.45) is -6.68. The van der Waals surface area contributed by atoms with Crippen molar-refractivity contribution in [3.63, 3.8) is 0 Å². The molecule has 1 saturated carbocycles. The van der Waals surface area contributed by atoms with Gasteiger partial charge in [-0.25, -0.2) is 0 Å². The number of aliphatic hydroxyl groups excluding tert-OH is 4. The average molecular weight is 472 g/mol. The predicted octanol–water partition coefficient (Wildman–Crippen LogP) is -9.23. The summed E-state index contributed by atoms with van der Waals surface area (Å²) in [4.78, 5) is 0. The Morgan fingerprint density at radius 1 is 0.667 bits per heavy atom. The van der Waals surface area contributed by atoms with Crippen LogP contribution in [0.5, 0.6) is 0 Å². The fraction of sp³-hybridized carbons (Fsp3) is 1.00. The van der Waals surface area contributed by atoms with Gasteiger partial charge in [-0.15, -0.1) is 0 Å². The molecule has 6 atom stereocenters. The molecule has 1 heterocycles. The molecular formula is C6H10Cs2O6Si+. The minimum Gasteiger partial charge on any atom is -0.581 e. The summed E-state index contributed by atoms with van der Waals surface area (Å²) in [7, 11) is -0.268. The molecule has 4 N–H and O–H groups in total. The Balaban J connectivity index is 0.000000980. The second kappa shape index (κ2) is 8.39. The van der Waals surface area contributed by atoms with Crippen LogP contribution in [-0.2, 0) is 8.85 Å². The van der Waals surface area contributed by atoms with Crippen molar-refractivity contribution < 1.29 is 167 Å². The van der Waals surface area contributed by atoms with Gasteiger partial charge in [0, 0.05) is 0 Å². The fourth-order valence-corrected chi connectivity index (χ4v) is 2.42. The van der Waals surface area contributed by atoms with Crippen molar-refractivity contribution in [2.75, 3.05) is 0 Å². The third-order valence-electron chi connectivity index (χ3n) is 2.42. The minimum absolute atomic E-state index is 0. The number of hydrogen-bond acceptors (Lipinski definition) is 6. The second-order valence-electron chi connectivity index (χ2n) is 3.21. The van der Waals surface area contributed by atoms with Crippen LogP contribution in [0.3, 0.4) is 0 Å². The van der Waals surface area contributed by atoms with Crippen LogP contribution in [0.25, 0.3) is 0 Å². The Hall–Kier alpha value is 4.08. The van der Waals surface area contributed by atoms with E-state index in [1.54, 1.807) is 0 Å². The monoisotopic (exact) mass is 472 g/mol. The quantitative estimate of drug-likeness (QED) is 0.262. The van der Waals surface area contributed by atoms with Gasteiger partial charge < -0.3 is 29.3 Å². The molecule has 1 radical (unpaired) electrons. The first kappa shape index (κ1) is 19.1. The summed E-state index contributed by atoms with van der Waals surface area (Å²) in [5, 5.41) is 37.4. The van der Waals surface area contributed by atoms with Crippen LogP contribution in [0.15, 0.2) is 0 Å². The predicted molar refractivity (Wildman–Crippen MR) is 39.5 cm³/mol. The minimum atomic E-state index is -1.39. The zero-order valence-corrected chi connectivity index (χ0v) is 22.1. The molecule has 0 amide bonds. The number of rotatable bonds is 0. The third kappa shape index (κ3) is 4.03. The summed E-state index contributed by atoms with van der Waals surface area (Å²) in [6, 6.07) is 0. The first-order valence-electron chi connectivity index (χ1n) is 3.91. The Kier molecular flexibility index (Phi) is 10.7. The molecule has 0 unspecified atom stereocenters. The van der Waals surface area contributed by atoms with Crippen molar-refractivity contribution in [3.8, 4) is 0 Å². The summed E-state index contributed by atoms with van der Waals surface area (Å²) in [6.45, 7) is 0. The van der Waals surface area contributed by atoms with E-state index in [9.17, 15) is 20.4 Å². The second-order valence-corrected chi connectivity index (χ2v) is 3.85. The smallest absolute Gasteiger partial charge is 0.581 e. The molecule has 15 heavy (non-hydrogen) atoms. The van der Waals surface area contributed by atoms with Crippen molar-refractivity contribution in [2.45, 2.75) is 36.6 Å². The molecule has 0 spiro atoms. The molecule has 0 aromatic carbocycles. The number of fused-ring (bicyclic) bond motifs is 1. The van der Waals surface area contributed by atoms with Crippen LogP contribution in [0.2, 0.25) is 0 Å². The van der Waals surface area contributed by atoms with Gasteiger partial charge >= 0.3 is 138 Å². The summed E-state index contributed by atoms with van der Waals surface area (Å²) in [5.41, 5.74) is 0. The van der Waals surface area contributed by atoms with Crippen LogP contribution >= 0.6 is 0 Å². The first-order valence-corrected chi connectivity index (χ1v) is 4.73. The maximum Gasteiger partial charge on any atom is 1.00 e. The van der Waals surface area contributed by atoms with Crippen molar-refractivity contribution in [3.05, 3.63) is 0 Å². The fourth-order valence-electron chi connectivity index (χ4n) is 1.59. The number of aliphatic hydroxyl groups is 4.